The highest BCUT2D eigenvalue weighted by molar-refractivity contribution is 7.09. The van der Waals surface area contributed by atoms with Gasteiger partial charge < -0.3 is 14.5 Å². The van der Waals surface area contributed by atoms with Crippen molar-refractivity contribution in [3.05, 3.63) is 80.5 Å². The Kier molecular flexibility index (Phi) is 6.72. The molecule has 2 aromatic carbocycles. The SMILES string of the molecule is Cc1nc(COc2ccc(C(=O)N3CCN(C(=O)c4ccc(F)cc4Cl)CC3)cc2)cs1. The van der Waals surface area contributed by atoms with Crippen molar-refractivity contribution in [1.82, 2.24) is 14.8 Å². The van der Waals surface area contributed by atoms with Crippen LogP contribution in [-0.2, 0) is 6.61 Å². The predicted octanol–water partition coefficient (Wildman–Crippen LogP) is 4.42. The van der Waals surface area contributed by atoms with Gasteiger partial charge in [0.2, 0.25) is 0 Å². The lowest BCUT2D eigenvalue weighted by molar-refractivity contribution is 0.0535. The molecule has 166 valence electrons. The quantitative estimate of drug-likeness (QED) is 0.550. The maximum Gasteiger partial charge on any atom is 0.255 e. The number of carbonyl (C=O) groups excluding carboxylic acids is 2. The van der Waals surface area contributed by atoms with Gasteiger partial charge in [0.15, 0.2) is 0 Å². The number of nitrogens with zero attached hydrogens (tertiary/aromatic N) is 3. The van der Waals surface area contributed by atoms with Gasteiger partial charge in [0.05, 0.1) is 21.3 Å². The van der Waals surface area contributed by atoms with Gasteiger partial charge in [0.1, 0.15) is 18.2 Å². The zero-order valence-corrected chi connectivity index (χ0v) is 19.0. The molecular weight excluding hydrogens is 453 g/mol. The largest absolute Gasteiger partial charge is 0.487 e. The highest BCUT2D eigenvalue weighted by Gasteiger charge is 2.26. The van der Waals surface area contributed by atoms with Crippen molar-refractivity contribution < 1.29 is 18.7 Å². The van der Waals surface area contributed by atoms with Crippen LogP contribution in [0, 0.1) is 12.7 Å². The third-order valence-corrected chi connectivity index (χ3v) is 6.31. The van der Waals surface area contributed by atoms with Crippen LogP contribution in [0.25, 0.3) is 0 Å². The predicted molar refractivity (Wildman–Crippen MR) is 121 cm³/mol. The van der Waals surface area contributed by atoms with E-state index >= 15 is 0 Å². The van der Waals surface area contributed by atoms with E-state index in [0.717, 1.165) is 16.8 Å². The molecule has 4 rings (SSSR count). The summed E-state index contributed by atoms with van der Waals surface area (Å²) in [7, 11) is 0. The topological polar surface area (TPSA) is 62.7 Å². The van der Waals surface area contributed by atoms with Crippen molar-refractivity contribution in [2.24, 2.45) is 0 Å². The van der Waals surface area contributed by atoms with Gasteiger partial charge in [-0.2, -0.15) is 0 Å². The van der Waals surface area contributed by atoms with Gasteiger partial charge in [-0.15, -0.1) is 11.3 Å². The lowest BCUT2D eigenvalue weighted by atomic mass is 10.1. The van der Waals surface area contributed by atoms with Crippen LogP contribution >= 0.6 is 22.9 Å². The van der Waals surface area contributed by atoms with Gasteiger partial charge in [-0.05, 0) is 49.4 Å². The number of aryl methyl sites for hydroxylation is 1. The molecule has 32 heavy (non-hydrogen) atoms. The maximum atomic E-state index is 13.2. The Morgan fingerprint density at radius 1 is 1.06 bits per heavy atom. The summed E-state index contributed by atoms with van der Waals surface area (Å²) >= 11 is 7.58. The van der Waals surface area contributed by atoms with Crippen molar-refractivity contribution in [3.63, 3.8) is 0 Å². The molecule has 0 saturated carbocycles. The number of hydrogen-bond donors (Lipinski definition) is 0. The standard InChI is InChI=1S/C23H21ClFN3O3S/c1-15-26-18(14-32-15)13-31-19-5-2-16(3-6-19)22(29)27-8-10-28(11-9-27)23(30)20-7-4-17(25)12-21(20)24/h2-7,12,14H,8-11,13H2,1H3. The van der Waals surface area contributed by atoms with E-state index in [1.54, 1.807) is 45.4 Å². The van der Waals surface area contributed by atoms with Crippen LogP contribution in [0.5, 0.6) is 5.75 Å². The Hall–Kier alpha value is -2.97. The molecular formula is C23H21ClFN3O3S. The number of rotatable bonds is 5. The van der Waals surface area contributed by atoms with E-state index in [0.29, 0.717) is 44.1 Å². The number of halogens is 2. The summed E-state index contributed by atoms with van der Waals surface area (Å²) in [5, 5.41) is 3.04. The molecule has 2 amide bonds. The van der Waals surface area contributed by atoms with E-state index in [-0.39, 0.29) is 22.4 Å². The minimum absolute atomic E-state index is 0.0840. The number of carbonyl (C=O) groups is 2. The van der Waals surface area contributed by atoms with Crippen LogP contribution in [0.1, 0.15) is 31.4 Å². The molecule has 3 aromatic rings. The number of benzene rings is 2. The molecule has 0 unspecified atom stereocenters. The minimum atomic E-state index is -0.489. The molecule has 1 aliphatic rings. The zero-order chi connectivity index (χ0) is 22.7. The Balaban J connectivity index is 1.31. The molecule has 0 N–H and O–H groups in total. The molecule has 1 aromatic heterocycles. The summed E-state index contributed by atoms with van der Waals surface area (Å²) in [6.45, 7) is 3.91. The second-order valence-electron chi connectivity index (χ2n) is 7.38. The summed E-state index contributed by atoms with van der Waals surface area (Å²) in [6, 6.07) is 10.7. The van der Waals surface area contributed by atoms with Crippen molar-refractivity contribution in [1.29, 1.82) is 0 Å². The lowest BCUT2D eigenvalue weighted by Crippen LogP contribution is -2.50. The third-order valence-electron chi connectivity index (χ3n) is 5.17. The van der Waals surface area contributed by atoms with Crippen LogP contribution in [0.4, 0.5) is 4.39 Å². The van der Waals surface area contributed by atoms with Crippen molar-refractivity contribution >= 4 is 34.8 Å². The van der Waals surface area contributed by atoms with E-state index in [1.807, 2.05) is 12.3 Å². The number of thiazole rings is 1. The van der Waals surface area contributed by atoms with Crippen LogP contribution in [-0.4, -0.2) is 52.8 Å². The second-order valence-corrected chi connectivity index (χ2v) is 8.85. The number of amides is 2. The monoisotopic (exact) mass is 473 g/mol. The smallest absolute Gasteiger partial charge is 0.255 e. The number of hydrogen-bond acceptors (Lipinski definition) is 5. The number of ether oxygens (including phenoxy) is 1. The molecule has 1 aliphatic heterocycles. The fourth-order valence-electron chi connectivity index (χ4n) is 3.45. The lowest BCUT2D eigenvalue weighted by Gasteiger charge is -2.35. The Morgan fingerprint density at radius 3 is 2.31 bits per heavy atom. The first-order valence-corrected chi connectivity index (χ1v) is 11.3. The summed E-state index contributed by atoms with van der Waals surface area (Å²) in [6.07, 6.45) is 0. The molecule has 0 atom stereocenters. The summed E-state index contributed by atoms with van der Waals surface area (Å²) < 4.78 is 19.0. The van der Waals surface area contributed by atoms with Gasteiger partial charge >= 0.3 is 0 Å². The van der Waals surface area contributed by atoms with E-state index in [2.05, 4.69) is 4.98 Å². The number of piperazine rings is 1. The molecule has 1 saturated heterocycles. The van der Waals surface area contributed by atoms with Crippen LogP contribution in [0.2, 0.25) is 5.02 Å². The maximum absolute atomic E-state index is 13.2. The highest BCUT2D eigenvalue weighted by Crippen LogP contribution is 2.21. The fourth-order valence-corrected chi connectivity index (χ4v) is 4.30. The van der Waals surface area contributed by atoms with Crippen molar-refractivity contribution in [3.8, 4) is 5.75 Å². The summed E-state index contributed by atoms with van der Waals surface area (Å²) in [5.74, 6) is -0.187. The molecule has 0 spiro atoms. The van der Waals surface area contributed by atoms with E-state index in [1.165, 1.54) is 12.1 Å². The first kappa shape index (κ1) is 22.2. The van der Waals surface area contributed by atoms with E-state index in [4.69, 9.17) is 16.3 Å². The van der Waals surface area contributed by atoms with Crippen LogP contribution in [0.3, 0.4) is 0 Å². The van der Waals surface area contributed by atoms with Crippen molar-refractivity contribution in [2.75, 3.05) is 26.2 Å². The average Bonchev–Trinajstić information content (AvgIpc) is 3.22. The van der Waals surface area contributed by atoms with Gasteiger partial charge in [-0.3, -0.25) is 9.59 Å². The molecule has 1 fully saturated rings. The first-order valence-electron chi connectivity index (χ1n) is 10.1. The van der Waals surface area contributed by atoms with Gasteiger partial charge in [-0.25, -0.2) is 9.37 Å². The molecule has 0 aliphatic carbocycles. The van der Waals surface area contributed by atoms with E-state index in [9.17, 15) is 14.0 Å². The van der Waals surface area contributed by atoms with Crippen LogP contribution < -0.4 is 4.74 Å². The Morgan fingerprint density at radius 2 is 1.72 bits per heavy atom. The first-order chi connectivity index (χ1) is 15.4. The second kappa shape index (κ2) is 9.67. The number of aromatic nitrogens is 1. The molecule has 0 radical (unpaired) electrons. The van der Waals surface area contributed by atoms with E-state index < -0.39 is 5.82 Å². The Labute approximate surface area is 194 Å². The van der Waals surface area contributed by atoms with Crippen LogP contribution in [0.15, 0.2) is 47.8 Å². The highest BCUT2D eigenvalue weighted by atomic mass is 35.5. The summed E-state index contributed by atoms with van der Waals surface area (Å²) in [4.78, 5) is 33.2. The molecule has 6 nitrogen and oxygen atoms in total. The fraction of sp³-hybridized carbons (Fsp3) is 0.261. The molecule has 0 bridgehead atoms. The zero-order valence-electron chi connectivity index (χ0n) is 17.4. The summed E-state index contributed by atoms with van der Waals surface area (Å²) in [5.41, 5.74) is 1.70. The Bertz CT molecular complexity index is 1130. The third kappa shape index (κ3) is 5.08. The normalized spacial score (nSPS) is 13.8. The minimum Gasteiger partial charge on any atom is -0.487 e. The molecule has 9 heteroatoms. The van der Waals surface area contributed by atoms with Crippen molar-refractivity contribution in [2.45, 2.75) is 13.5 Å². The average molecular weight is 474 g/mol. The van der Waals surface area contributed by atoms with Gasteiger partial charge in [0.25, 0.3) is 11.8 Å². The molecule has 2 heterocycles. The van der Waals surface area contributed by atoms with Gasteiger partial charge in [-0.1, -0.05) is 11.6 Å². The van der Waals surface area contributed by atoms with Gasteiger partial charge in [0, 0.05) is 37.1 Å².